The number of benzene rings is 1. The first-order valence-corrected chi connectivity index (χ1v) is 7.89. The number of likely N-dealkylation sites (tertiary alicyclic amines) is 1. The Balaban J connectivity index is 1.84. The Bertz CT molecular complexity index is 565. The predicted octanol–water partition coefficient (Wildman–Crippen LogP) is 1.19. The topological polar surface area (TPSA) is 78.9 Å². The first-order valence-electron chi connectivity index (χ1n) is 7.89. The average molecular weight is 320 g/mol. The second-order valence-electron chi connectivity index (χ2n) is 5.90. The Labute approximate surface area is 136 Å². The van der Waals surface area contributed by atoms with Gasteiger partial charge in [0.05, 0.1) is 13.7 Å². The van der Waals surface area contributed by atoms with Crippen molar-refractivity contribution >= 4 is 17.6 Å². The average Bonchev–Trinajstić information content (AvgIpc) is 2.56. The van der Waals surface area contributed by atoms with Gasteiger partial charge in [-0.05, 0) is 37.0 Å². The molecular weight excluding hydrogens is 296 g/mol. The minimum atomic E-state index is -1.42. The highest BCUT2D eigenvalue weighted by molar-refractivity contribution is 5.92. The zero-order valence-electron chi connectivity index (χ0n) is 13.7. The van der Waals surface area contributed by atoms with E-state index in [2.05, 4.69) is 17.0 Å². The first-order chi connectivity index (χ1) is 11.0. The minimum Gasteiger partial charge on any atom is -0.467 e. The number of piperidine rings is 1. The van der Waals surface area contributed by atoms with Crippen molar-refractivity contribution in [2.75, 3.05) is 32.1 Å². The number of aryl methyl sites for hydroxylation is 1. The predicted molar refractivity (Wildman–Crippen MR) is 87.1 cm³/mol. The monoisotopic (exact) mass is 320 g/mol. The number of anilines is 1. The van der Waals surface area contributed by atoms with E-state index < -0.39 is 11.6 Å². The number of carbonyl (C=O) groups excluding carboxylic acids is 2. The molecule has 126 valence electrons. The summed E-state index contributed by atoms with van der Waals surface area (Å²) in [5, 5.41) is 13.1. The Morgan fingerprint density at radius 1 is 1.35 bits per heavy atom. The summed E-state index contributed by atoms with van der Waals surface area (Å²) in [7, 11) is 1.27. The fourth-order valence-corrected chi connectivity index (χ4v) is 2.75. The summed E-state index contributed by atoms with van der Waals surface area (Å²) in [6.45, 7) is 3.27. The van der Waals surface area contributed by atoms with Gasteiger partial charge in [-0.3, -0.25) is 9.69 Å². The van der Waals surface area contributed by atoms with Crippen LogP contribution in [0.5, 0.6) is 0 Å². The van der Waals surface area contributed by atoms with Crippen LogP contribution >= 0.6 is 0 Å². The lowest BCUT2D eigenvalue weighted by molar-refractivity contribution is -0.167. The minimum absolute atomic E-state index is 0.0956. The summed E-state index contributed by atoms with van der Waals surface area (Å²) in [5.41, 5.74) is 0.540. The molecule has 0 bridgehead atoms. The van der Waals surface area contributed by atoms with E-state index in [1.54, 1.807) is 0 Å². The van der Waals surface area contributed by atoms with Gasteiger partial charge < -0.3 is 15.2 Å². The Morgan fingerprint density at radius 3 is 2.65 bits per heavy atom. The van der Waals surface area contributed by atoms with E-state index in [0.717, 1.165) is 12.1 Å². The highest BCUT2D eigenvalue weighted by atomic mass is 16.5. The Morgan fingerprint density at radius 2 is 2.04 bits per heavy atom. The van der Waals surface area contributed by atoms with Gasteiger partial charge in [0.25, 0.3) is 0 Å². The van der Waals surface area contributed by atoms with Gasteiger partial charge in [-0.15, -0.1) is 0 Å². The molecule has 1 aliphatic heterocycles. The highest BCUT2D eigenvalue weighted by Gasteiger charge is 2.40. The molecule has 0 unspecified atom stereocenters. The Hall–Kier alpha value is -1.92. The standard InChI is InChI=1S/C17H24N2O4/c1-3-13-5-4-6-14(11-13)18-15(20)12-19-9-7-17(22,8-10-19)16(21)23-2/h4-6,11,22H,3,7-10,12H2,1-2H3,(H,18,20). The molecule has 2 N–H and O–H groups in total. The van der Waals surface area contributed by atoms with E-state index in [9.17, 15) is 14.7 Å². The number of hydrogen-bond donors (Lipinski definition) is 2. The van der Waals surface area contributed by atoms with Crippen molar-refractivity contribution < 1.29 is 19.4 Å². The maximum Gasteiger partial charge on any atom is 0.337 e. The van der Waals surface area contributed by atoms with Gasteiger partial charge in [-0.25, -0.2) is 4.79 Å². The normalized spacial score (nSPS) is 17.5. The third-order valence-corrected chi connectivity index (χ3v) is 4.23. The van der Waals surface area contributed by atoms with E-state index in [-0.39, 0.29) is 25.3 Å². The third-order valence-electron chi connectivity index (χ3n) is 4.23. The highest BCUT2D eigenvalue weighted by Crippen LogP contribution is 2.23. The smallest absolute Gasteiger partial charge is 0.337 e. The number of esters is 1. The van der Waals surface area contributed by atoms with Gasteiger partial charge >= 0.3 is 5.97 Å². The molecular formula is C17H24N2O4. The number of carbonyl (C=O) groups is 2. The van der Waals surface area contributed by atoms with Gasteiger partial charge in [0.2, 0.25) is 5.91 Å². The number of methoxy groups -OCH3 is 1. The molecule has 1 fully saturated rings. The zero-order valence-corrected chi connectivity index (χ0v) is 13.7. The number of ether oxygens (including phenoxy) is 1. The lowest BCUT2D eigenvalue weighted by Crippen LogP contribution is -2.51. The Kier molecular flexibility index (Phi) is 5.74. The van der Waals surface area contributed by atoms with Gasteiger partial charge in [0, 0.05) is 18.8 Å². The maximum absolute atomic E-state index is 12.1. The molecule has 6 nitrogen and oxygen atoms in total. The molecule has 0 atom stereocenters. The van der Waals surface area contributed by atoms with Gasteiger partial charge in [-0.1, -0.05) is 19.1 Å². The van der Waals surface area contributed by atoms with E-state index in [0.29, 0.717) is 13.1 Å². The summed E-state index contributed by atoms with van der Waals surface area (Å²) in [5.74, 6) is -0.695. The molecule has 1 amide bonds. The van der Waals surface area contributed by atoms with Crippen molar-refractivity contribution in [2.24, 2.45) is 0 Å². The molecule has 1 aromatic carbocycles. The van der Waals surface area contributed by atoms with Crippen LogP contribution in [0.3, 0.4) is 0 Å². The number of rotatable bonds is 5. The summed E-state index contributed by atoms with van der Waals surface area (Å²) in [4.78, 5) is 25.6. The molecule has 0 saturated carbocycles. The molecule has 6 heteroatoms. The van der Waals surface area contributed by atoms with E-state index in [1.807, 2.05) is 29.2 Å². The first kappa shape index (κ1) is 17.4. The fraction of sp³-hybridized carbons (Fsp3) is 0.529. The van der Waals surface area contributed by atoms with E-state index in [1.165, 1.54) is 12.7 Å². The molecule has 0 radical (unpaired) electrons. The van der Waals surface area contributed by atoms with Crippen molar-refractivity contribution in [1.29, 1.82) is 0 Å². The molecule has 2 rings (SSSR count). The maximum atomic E-state index is 12.1. The molecule has 23 heavy (non-hydrogen) atoms. The number of hydrogen-bond acceptors (Lipinski definition) is 5. The summed E-state index contributed by atoms with van der Waals surface area (Å²) in [6, 6.07) is 7.77. The number of amides is 1. The third kappa shape index (κ3) is 4.53. The molecule has 0 aliphatic carbocycles. The molecule has 0 aromatic heterocycles. The zero-order chi connectivity index (χ0) is 16.9. The molecule has 1 heterocycles. The lowest BCUT2D eigenvalue weighted by atomic mass is 9.91. The van der Waals surface area contributed by atoms with Crippen LogP contribution in [0.2, 0.25) is 0 Å². The number of aliphatic hydroxyl groups is 1. The van der Waals surface area contributed by atoms with E-state index in [4.69, 9.17) is 0 Å². The number of nitrogens with zero attached hydrogens (tertiary/aromatic N) is 1. The number of nitrogens with one attached hydrogen (secondary N) is 1. The van der Waals surface area contributed by atoms with Gasteiger partial charge in [-0.2, -0.15) is 0 Å². The molecule has 1 aliphatic rings. The van der Waals surface area contributed by atoms with Crippen LogP contribution in [0.1, 0.15) is 25.3 Å². The van der Waals surface area contributed by atoms with Crippen molar-refractivity contribution in [3.05, 3.63) is 29.8 Å². The van der Waals surface area contributed by atoms with Crippen LogP contribution in [0, 0.1) is 0 Å². The van der Waals surface area contributed by atoms with Crippen LogP contribution in [0.4, 0.5) is 5.69 Å². The van der Waals surface area contributed by atoms with Crippen LogP contribution in [-0.4, -0.2) is 54.2 Å². The SMILES string of the molecule is CCc1cccc(NC(=O)CN2CCC(O)(C(=O)OC)CC2)c1. The van der Waals surface area contributed by atoms with E-state index >= 15 is 0 Å². The molecule has 1 saturated heterocycles. The summed E-state index contributed by atoms with van der Waals surface area (Å²) >= 11 is 0. The van der Waals surface area contributed by atoms with Gasteiger partial charge in [0.15, 0.2) is 5.60 Å². The van der Waals surface area contributed by atoms with Crippen molar-refractivity contribution in [3.63, 3.8) is 0 Å². The van der Waals surface area contributed by atoms with Crippen molar-refractivity contribution in [3.8, 4) is 0 Å². The van der Waals surface area contributed by atoms with Gasteiger partial charge in [0.1, 0.15) is 0 Å². The van der Waals surface area contributed by atoms with Crippen LogP contribution in [0.15, 0.2) is 24.3 Å². The van der Waals surface area contributed by atoms with Crippen LogP contribution in [-0.2, 0) is 20.7 Å². The molecule has 0 spiro atoms. The summed E-state index contributed by atoms with van der Waals surface area (Å²) in [6.07, 6.45) is 1.47. The van der Waals surface area contributed by atoms with Crippen molar-refractivity contribution in [1.82, 2.24) is 4.90 Å². The fourth-order valence-electron chi connectivity index (χ4n) is 2.75. The second-order valence-corrected chi connectivity index (χ2v) is 5.90. The lowest BCUT2D eigenvalue weighted by Gasteiger charge is -2.35. The second kappa shape index (κ2) is 7.57. The summed E-state index contributed by atoms with van der Waals surface area (Å²) < 4.78 is 4.62. The molecule has 1 aromatic rings. The quantitative estimate of drug-likeness (QED) is 0.797. The van der Waals surface area contributed by atoms with Crippen LogP contribution < -0.4 is 5.32 Å². The largest absolute Gasteiger partial charge is 0.467 e. The van der Waals surface area contributed by atoms with Crippen LogP contribution in [0.25, 0.3) is 0 Å². The van der Waals surface area contributed by atoms with Crippen molar-refractivity contribution in [2.45, 2.75) is 31.8 Å².